The average Bonchev–Trinajstić information content (AvgIpc) is 3.32. The van der Waals surface area contributed by atoms with Gasteiger partial charge in [0.2, 0.25) is 0 Å². The first-order valence-corrected chi connectivity index (χ1v) is 10.1. The number of benzene rings is 2. The standard InChI is InChI=1S/C23H19N3O4S/c1-30-23(29)18-11-9-16(10-12-18)15-24-26-22(28)20(14-19-8-5-13-31-19)25-21(27)17-6-3-2-4-7-17/h2-15H,1H3,(H,25,27)(H,26,28)/b20-14+,24-15+. The number of esters is 1. The summed E-state index contributed by atoms with van der Waals surface area (Å²) in [4.78, 5) is 37.4. The molecule has 0 aliphatic heterocycles. The van der Waals surface area contributed by atoms with Crippen molar-refractivity contribution in [1.82, 2.24) is 10.7 Å². The number of hydrogen-bond donors (Lipinski definition) is 2. The van der Waals surface area contributed by atoms with Gasteiger partial charge in [0, 0.05) is 10.4 Å². The van der Waals surface area contributed by atoms with Crippen molar-refractivity contribution in [1.29, 1.82) is 0 Å². The predicted octanol–water partition coefficient (Wildman–Crippen LogP) is 3.46. The minimum Gasteiger partial charge on any atom is -0.465 e. The van der Waals surface area contributed by atoms with Gasteiger partial charge in [-0.25, -0.2) is 10.2 Å². The highest BCUT2D eigenvalue weighted by Crippen LogP contribution is 2.13. The fourth-order valence-corrected chi connectivity index (χ4v) is 3.16. The van der Waals surface area contributed by atoms with Crippen LogP contribution in [-0.4, -0.2) is 31.1 Å². The zero-order chi connectivity index (χ0) is 22.1. The summed E-state index contributed by atoms with van der Waals surface area (Å²) in [7, 11) is 1.31. The summed E-state index contributed by atoms with van der Waals surface area (Å²) in [6.07, 6.45) is 3.02. The molecule has 0 aliphatic rings. The highest BCUT2D eigenvalue weighted by molar-refractivity contribution is 7.10. The summed E-state index contributed by atoms with van der Waals surface area (Å²) in [6.45, 7) is 0. The molecule has 0 radical (unpaired) electrons. The molecule has 3 aromatic rings. The van der Waals surface area contributed by atoms with Crippen LogP contribution < -0.4 is 10.7 Å². The van der Waals surface area contributed by atoms with Crippen molar-refractivity contribution in [3.05, 3.63) is 99.4 Å². The van der Waals surface area contributed by atoms with Crippen LogP contribution in [0.15, 0.2) is 82.9 Å². The van der Waals surface area contributed by atoms with Crippen molar-refractivity contribution in [3.8, 4) is 0 Å². The summed E-state index contributed by atoms with van der Waals surface area (Å²) in [5, 5.41) is 8.45. The minimum absolute atomic E-state index is 0.0643. The van der Waals surface area contributed by atoms with Gasteiger partial charge in [-0.2, -0.15) is 5.10 Å². The van der Waals surface area contributed by atoms with Crippen molar-refractivity contribution >= 4 is 41.4 Å². The average molecular weight is 433 g/mol. The second-order valence-electron chi connectivity index (χ2n) is 6.21. The lowest BCUT2D eigenvalue weighted by atomic mass is 10.1. The molecule has 31 heavy (non-hydrogen) atoms. The number of carbonyl (C=O) groups excluding carboxylic acids is 3. The molecule has 0 fully saturated rings. The Balaban J connectivity index is 1.70. The van der Waals surface area contributed by atoms with Crippen molar-refractivity contribution in [2.75, 3.05) is 7.11 Å². The first-order chi connectivity index (χ1) is 15.1. The van der Waals surface area contributed by atoms with Crippen LogP contribution in [0.25, 0.3) is 6.08 Å². The number of hydrogen-bond acceptors (Lipinski definition) is 6. The van der Waals surface area contributed by atoms with Gasteiger partial charge >= 0.3 is 5.97 Å². The van der Waals surface area contributed by atoms with E-state index in [-0.39, 0.29) is 5.70 Å². The van der Waals surface area contributed by atoms with E-state index in [1.165, 1.54) is 24.7 Å². The van der Waals surface area contributed by atoms with E-state index >= 15 is 0 Å². The Kier molecular flexibility index (Phi) is 7.45. The predicted molar refractivity (Wildman–Crippen MR) is 120 cm³/mol. The maximum absolute atomic E-state index is 12.6. The third-order valence-corrected chi connectivity index (χ3v) is 4.89. The third-order valence-electron chi connectivity index (χ3n) is 4.07. The summed E-state index contributed by atoms with van der Waals surface area (Å²) in [5.74, 6) is -1.41. The third kappa shape index (κ3) is 6.22. The molecule has 8 heteroatoms. The number of nitrogens with zero attached hydrogens (tertiary/aromatic N) is 1. The molecule has 2 amide bonds. The lowest BCUT2D eigenvalue weighted by molar-refractivity contribution is -0.117. The van der Waals surface area contributed by atoms with Crippen molar-refractivity contribution < 1.29 is 19.1 Å². The Morgan fingerprint density at radius 1 is 0.935 bits per heavy atom. The van der Waals surface area contributed by atoms with Gasteiger partial charge < -0.3 is 10.1 Å². The van der Waals surface area contributed by atoms with Crippen LogP contribution in [0.3, 0.4) is 0 Å². The Labute approximate surface area is 183 Å². The molecule has 3 rings (SSSR count). The second-order valence-corrected chi connectivity index (χ2v) is 7.19. The maximum atomic E-state index is 12.6. The van der Waals surface area contributed by atoms with Crippen molar-refractivity contribution in [2.45, 2.75) is 0 Å². The molecule has 0 saturated carbocycles. The van der Waals surface area contributed by atoms with Crippen LogP contribution in [0.5, 0.6) is 0 Å². The molecule has 0 bridgehead atoms. The molecule has 1 heterocycles. The fourth-order valence-electron chi connectivity index (χ4n) is 2.51. The highest BCUT2D eigenvalue weighted by atomic mass is 32.1. The molecule has 0 saturated heterocycles. The van der Waals surface area contributed by atoms with Crippen molar-refractivity contribution in [2.24, 2.45) is 5.10 Å². The molecule has 7 nitrogen and oxygen atoms in total. The van der Waals surface area contributed by atoms with E-state index in [0.717, 1.165) is 4.88 Å². The molecule has 2 aromatic carbocycles. The van der Waals surface area contributed by atoms with E-state index in [0.29, 0.717) is 16.7 Å². The summed E-state index contributed by atoms with van der Waals surface area (Å²) in [6, 6.07) is 18.8. The van der Waals surface area contributed by atoms with E-state index < -0.39 is 17.8 Å². The van der Waals surface area contributed by atoms with Crippen LogP contribution >= 0.6 is 11.3 Å². The number of methoxy groups -OCH3 is 1. The molecule has 0 spiro atoms. The molecular weight excluding hydrogens is 414 g/mol. The Morgan fingerprint density at radius 2 is 1.68 bits per heavy atom. The zero-order valence-electron chi connectivity index (χ0n) is 16.6. The molecule has 0 aliphatic carbocycles. The Morgan fingerprint density at radius 3 is 2.32 bits per heavy atom. The molecular formula is C23H19N3O4S. The molecule has 0 unspecified atom stereocenters. The van der Waals surface area contributed by atoms with Crippen LogP contribution in [-0.2, 0) is 9.53 Å². The van der Waals surface area contributed by atoms with E-state index in [1.54, 1.807) is 60.7 Å². The summed E-state index contributed by atoms with van der Waals surface area (Å²) in [5.41, 5.74) is 3.99. The first kappa shape index (κ1) is 21.7. The smallest absolute Gasteiger partial charge is 0.337 e. The minimum atomic E-state index is -0.569. The van der Waals surface area contributed by atoms with Crippen LogP contribution in [0.4, 0.5) is 0 Å². The zero-order valence-corrected chi connectivity index (χ0v) is 17.4. The number of nitrogens with one attached hydrogen (secondary N) is 2. The fraction of sp³-hybridized carbons (Fsp3) is 0.0435. The lowest BCUT2D eigenvalue weighted by Gasteiger charge is -2.08. The summed E-state index contributed by atoms with van der Waals surface area (Å²) < 4.78 is 4.65. The van der Waals surface area contributed by atoms with Gasteiger partial charge in [-0.15, -0.1) is 11.3 Å². The Hall–Kier alpha value is -4.04. The molecule has 0 atom stereocenters. The quantitative estimate of drug-likeness (QED) is 0.258. The van der Waals surface area contributed by atoms with Gasteiger partial charge in [-0.3, -0.25) is 9.59 Å². The Bertz CT molecular complexity index is 1110. The summed E-state index contributed by atoms with van der Waals surface area (Å²) >= 11 is 1.43. The normalized spacial score (nSPS) is 11.2. The number of thiophene rings is 1. The lowest BCUT2D eigenvalue weighted by Crippen LogP contribution is -2.32. The van der Waals surface area contributed by atoms with E-state index in [2.05, 4.69) is 20.6 Å². The number of ether oxygens (including phenoxy) is 1. The SMILES string of the molecule is COC(=O)c1ccc(/C=N/NC(=O)/C(=C\c2cccs2)NC(=O)c2ccccc2)cc1. The second kappa shape index (κ2) is 10.7. The van der Waals surface area contributed by atoms with Crippen LogP contribution in [0, 0.1) is 0 Å². The van der Waals surface area contributed by atoms with Crippen LogP contribution in [0.2, 0.25) is 0 Å². The van der Waals surface area contributed by atoms with E-state index in [1.807, 2.05) is 17.5 Å². The first-order valence-electron chi connectivity index (χ1n) is 9.20. The number of carbonyl (C=O) groups is 3. The van der Waals surface area contributed by atoms with Gasteiger partial charge in [0.05, 0.1) is 18.9 Å². The molecule has 2 N–H and O–H groups in total. The monoisotopic (exact) mass is 433 g/mol. The van der Waals surface area contributed by atoms with Gasteiger partial charge in [-0.05, 0) is 47.4 Å². The van der Waals surface area contributed by atoms with Gasteiger partial charge in [0.15, 0.2) is 0 Å². The van der Waals surface area contributed by atoms with Crippen molar-refractivity contribution in [3.63, 3.8) is 0 Å². The largest absolute Gasteiger partial charge is 0.465 e. The topological polar surface area (TPSA) is 96.9 Å². The maximum Gasteiger partial charge on any atom is 0.337 e. The van der Waals surface area contributed by atoms with Crippen LogP contribution in [0.1, 0.15) is 31.2 Å². The number of rotatable bonds is 7. The molecule has 1 aromatic heterocycles. The van der Waals surface area contributed by atoms with E-state index in [4.69, 9.17) is 0 Å². The highest BCUT2D eigenvalue weighted by Gasteiger charge is 2.14. The number of hydrazone groups is 1. The van der Waals surface area contributed by atoms with Gasteiger partial charge in [0.25, 0.3) is 11.8 Å². The van der Waals surface area contributed by atoms with E-state index in [9.17, 15) is 14.4 Å². The van der Waals surface area contributed by atoms with Gasteiger partial charge in [-0.1, -0.05) is 36.4 Å². The number of amides is 2. The molecule has 156 valence electrons. The van der Waals surface area contributed by atoms with Gasteiger partial charge in [0.1, 0.15) is 5.70 Å².